The summed E-state index contributed by atoms with van der Waals surface area (Å²) in [6, 6.07) is 2.04. The highest BCUT2D eigenvalue weighted by atomic mass is 16.2. The van der Waals surface area contributed by atoms with E-state index in [9.17, 15) is 4.79 Å². The molecule has 3 rings (SSSR count). The van der Waals surface area contributed by atoms with E-state index in [1.807, 2.05) is 19.3 Å². The van der Waals surface area contributed by atoms with Crippen LogP contribution in [0.15, 0.2) is 18.5 Å². The minimum Gasteiger partial charge on any atom is -0.378 e. The quantitative estimate of drug-likeness (QED) is 0.873. The zero-order chi connectivity index (χ0) is 18.0. The molecule has 1 aliphatic heterocycles. The molecule has 0 aromatic carbocycles. The van der Waals surface area contributed by atoms with E-state index in [1.165, 1.54) is 0 Å². The standard InChI is InChI=1S/C18H20N6O/c1-5-12-10-24(16(25)9-19-2)11-15(12)23(4)17-13-6-7-21-18(13)22-8-14(17)20-3/h6-8,12,15H,5,9-11H2,1,4H3,(H,21,22)/t12-,15?/m1/s1. The highest BCUT2D eigenvalue weighted by Crippen LogP contribution is 2.38. The first-order valence-electron chi connectivity index (χ1n) is 8.28. The highest BCUT2D eigenvalue weighted by Gasteiger charge is 2.38. The molecule has 1 unspecified atom stereocenters. The molecule has 1 N–H and O–H groups in total. The molecule has 0 radical (unpaired) electrons. The third kappa shape index (κ3) is 2.89. The summed E-state index contributed by atoms with van der Waals surface area (Å²) in [7, 11) is 1.98. The van der Waals surface area contributed by atoms with Gasteiger partial charge in [0.15, 0.2) is 0 Å². The lowest BCUT2D eigenvalue weighted by atomic mass is 9.99. The maximum Gasteiger partial charge on any atom is 0.302 e. The van der Waals surface area contributed by atoms with E-state index >= 15 is 0 Å². The van der Waals surface area contributed by atoms with Gasteiger partial charge in [0.1, 0.15) is 5.65 Å². The molecule has 0 spiro atoms. The van der Waals surface area contributed by atoms with Crippen LogP contribution in [0.4, 0.5) is 11.4 Å². The number of aromatic amines is 1. The molecule has 25 heavy (non-hydrogen) atoms. The van der Waals surface area contributed by atoms with Crippen LogP contribution in [0.25, 0.3) is 20.7 Å². The molecule has 1 amide bonds. The molecule has 2 aromatic heterocycles. The lowest BCUT2D eigenvalue weighted by molar-refractivity contribution is -0.128. The van der Waals surface area contributed by atoms with Gasteiger partial charge in [0.25, 0.3) is 6.54 Å². The maximum atomic E-state index is 12.1. The molecule has 0 saturated carbocycles. The van der Waals surface area contributed by atoms with Gasteiger partial charge >= 0.3 is 5.91 Å². The summed E-state index contributed by atoms with van der Waals surface area (Å²) < 4.78 is 0. The Morgan fingerprint density at radius 1 is 1.48 bits per heavy atom. The van der Waals surface area contributed by atoms with E-state index in [-0.39, 0.29) is 18.5 Å². The van der Waals surface area contributed by atoms with Crippen LogP contribution in [-0.2, 0) is 4.79 Å². The fourth-order valence-electron chi connectivity index (χ4n) is 3.67. The monoisotopic (exact) mass is 336 g/mol. The number of likely N-dealkylation sites (N-methyl/N-ethyl adjacent to an activating group) is 1. The number of anilines is 1. The van der Waals surface area contributed by atoms with E-state index in [4.69, 9.17) is 13.1 Å². The van der Waals surface area contributed by atoms with E-state index in [1.54, 1.807) is 11.1 Å². The van der Waals surface area contributed by atoms with Crippen LogP contribution in [0.2, 0.25) is 0 Å². The zero-order valence-electron chi connectivity index (χ0n) is 14.4. The second-order valence-electron chi connectivity index (χ2n) is 6.31. The van der Waals surface area contributed by atoms with Gasteiger partial charge < -0.3 is 19.6 Å². The summed E-state index contributed by atoms with van der Waals surface area (Å²) in [4.78, 5) is 30.3. The molecule has 1 aliphatic rings. The van der Waals surface area contributed by atoms with Gasteiger partial charge in [-0.05, 0) is 18.4 Å². The molecule has 7 heteroatoms. The van der Waals surface area contributed by atoms with Gasteiger partial charge in [-0.15, -0.1) is 0 Å². The summed E-state index contributed by atoms with van der Waals surface area (Å²) in [5.74, 6) is 0.191. The first-order valence-corrected chi connectivity index (χ1v) is 8.28. The number of nitrogens with one attached hydrogen (secondary N) is 1. The van der Waals surface area contributed by atoms with Crippen LogP contribution >= 0.6 is 0 Å². The van der Waals surface area contributed by atoms with Gasteiger partial charge in [-0.1, -0.05) is 6.92 Å². The number of likely N-dealkylation sites (tertiary alicyclic amines) is 1. The number of carbonyl (C=O) groups is 1. The smallest absolute Gasteiger partial charge is 0.302 e. The average molecular weight is 336 g/mol. The molecule has 3 heterocycles. The number of carbonyl (C=O) groups excluding carboxylic acids is 1. The molecule has 0 aliphatic carbocycles. The summed E-state index contributed by atoms with van der Waals surface area (Å²) in [5, 5.41) is 0.914. The lowest BCUT2D eigenvalue weighted by Gasteiger charge is -2.31. The summed E-state index contributed by atoms with van der Waals surface area (Å²) in [5.41, 5.74) is 2.11. The van der Waals surface area contributed by atoms with Crippen LogP contribution in [0.1, 0.15) is 13.3 Å². The van der Waals surface area contributed by atoms with Crippen molar-refractivity contribution in [3.63, 3.8) is 0 Å². The van der Waals surface area contributed by atoms with E-state index < -0.39 is 0 Å². The Labute approximate surface area is 146 Å². The van der Waals surface area contributed by atoms with Crippen LogP contribution in [-0.4, -0.2) is 53.5 Å². The summed E-state index contributed by atoms with van der Waals surface area (Å²) in [6.45, 7) is 17.6. The van der Waals surface area contributed by atoms with Crippen molar-refractivity contribution in [1.29, 1.82) is 0 Å². The van der Waals surface area contributed by atoms with Crippen molar-refractivity contribution in [1.82, 2.24) is 14.9 Å². The topological polar surface area (TPSA) is 61.0 Å². The minimum absolute atomic E-state index is 0.0997. The van der Waals surface area contributed by atoms with Gasteiger partial charge in [0.05, 0.1) is 12.3 Å². The number of amides is 1. The molecule has 1 saturated heterocycles. The molecular weight excluding hydrogens is 316 g/mol. The average Bonchev–Trinajstić information content (AvgIpc) is 3.26. The van der Waals surface area contributed by atoms with Crippen molar-refractivity contribution in [2.75, 3.05) is 31.6 Å². The minimum atomic E-state index is -0.115. The number of H-pyrrole nitrogens is 1. The van der Waals surface area contributed by atoms with Crippen molar-refractivity contribution < 1.29 is 4.79 Å². The van der Waals surface area contributed by atoms with Crippen molar-refractivity contribution in [2.45, 2.75) is 19.4 Å². The molecule has 7 nitrogen and oxygen atoms in total. The van der Waals surface area contributed by atoms with Gasteiger partial charge in [-0.25, -0.2) is 11.4 Å². The fraction of sp³-hybridized carbons (Fsp3) is 0.444. The summed E-state index contributed by atoms with van der Waals surface area (Å²) >= 11 is 0. The number of rotatable bonds is 4. The Bertz CT molecular complexity index is 874. The number of nitrogens with zero attached hydrogens (tertiary/aromatic N) is 5. The van der Waals surface area contributed by atoms with Crippen molar-refractivity contribution >= 4 is 28.3 Å². The normalized spacial score (nSPS) is 19.6. The molecule has 2 atom stereocenters. The Hall–Kier alpha value is -3.06. The van der Waals surface area contributed by atoms with Crippen LogP contribution in [0.5, 0.6) is 0 Å². The Morgan fingerprint density at radius 2 is 2.28 bits per heavy atom. The number of hydrogen-bond donors (Lipinski definition) is 1. The predicted molar refractivity (Wildman–Crippen MR) is 96.4 cm³/mol. The third-order valence-electron chi connectivity index (χ3n) is 5.01. The Balaban J connectivity index is 1.96. The van der Waals surface area contributed by atoms with Gasteiger partial charge in [-0.2, -0.15) is 0 Å². The first kappa shape index (κ1) is 16.8. The number of fused-ring (bicyclic) bond motifs is 1. The van der Waals surface area contributed by atoms with Gasteiger partial charge in [0, 0.05) is 44.0 Å². The van der Waals surface area contributed by atoms with Crippen molar-refractivity contribution in [2.24, 2.45) is 5.92 Å². The lowest BCUT2D eigenvalue weighted by Crippen LogP contribution is -2.39. The second-order valence-corrected chi connectivity index (χ2v) is 6.31. The SMILES string of the molecule is [C-]#[N+]CC(=O)N1CC(N(C)c2c([N+]#[C-])cnc3[nH]ccc23)[C@H](CC)C1. The van der Waals surface area contributed by atoms with E-state index in [0.717, 1.165) is 23.1 Å². The zero-order valence-corrected chi connectivity index (χ0v) is 14.4. The number of pyridine rings is 1. The molecule has 128 valence electrons. The van der Waals surface area contributed by atoms with E-state index in [2.05, 4.69) is 31.5 Å². The van der Waals surface area contributed by atoms with E-state index in [0.29, 0.717) is 24.7 Å². The third-order valence-corrected chi connectivity index (χ3v) is 5.01. The Kier molecular flexibility index (Phi) is 4.58. The van der Waals surface area contributed by atoms with Crippen LogP contribution in [0, 0.1) is 19.1 Å². The summed E-state index contributed by atoms with van der Waals surface area (Å²) in [6.07, 6.45) is 4.35. The number of aromatic nitrogens is 2. The second kappa shape index (κ2) is 6.82. The molecule has 0 bridgehead atoms. The largest absolute Gasteiger partial charge is 0.378 e. The highest BCUT2D eigenvalue weighted by molar-refractivity contribution is 5.97. The Morgan fingerprint density at radius 3 is 2.96 bits per heavy atom. The maximum absolute atomic E-state index is 12.1. The van der Waals surface area contributed by atoms with Gasteiger partial charge in [0.2, 0.25) is 5.69 Å². The van der Waals surface area contributed by atoms with Crippen LogP contribution < -0.4 is 4.90 Å². The molecule has 2 aromatic rings. The van der Waals surface area contributed by atoms with Crippen LogP contribution in [0.3, 0.4) is 0 Å². The van der Waals surface area contributed by atoms with Gasteiger partial charge in [-0.3, -0.25) is 9.78 Å². The fourth-order valence-corrected chi connectivity index (χ4v) is 3.67. The predicted octanol–water partition coefficient (Wildman–Crippen LogP) is 2.71. The first-order chi connectivity index (χ1) is 12.1. The molecular formula is C18H20N6O. The number of hydrogen-bond acceptors (Lipinski definition) is 3. The molecule has 1 fully saturated rings. The van der Waals surface area contributed by atoms with Crippen molar-refractivity contribution in [3.05, 3.63) is 41.3 Å². The van der Waals surface area contributed by atoms with Crippen molar-refractivity contribution in [3.8, 4) is 0 Å².